The summed E-state index contributed by atoms with van der Waals surface area (Å²) in [4.78, 5) is 11.1. The predicted molar refractivity (Wildman–Crippen MR) is 51.9 cm³/mol. The third-order valence-electron chi connectivity index (χ3n) is 1.93. The molecule has 6 heteroatoms. The minimum absolute atomic E-state index is 0.0960. The van der Waals surface area contributed by atoms with E-state index in [1.54, 1.807) is 6.92 Å². The number of hydrogen-bond donors (Lipinski definition) is 0. The third kappa shape index (κ3) is 3.72. The monoisotopic (exact) mass is 250 g/mol. The molecule has 0 unspecified atom stereocenters. The summed E-state index contributed by atoms with van der Waals surface area (Å²) in [6, 6.07) is 2.08. The van der Waals surface area contributed by atoms with Crippen LogP contribution in [0, 0.1) is 5.82 Å². The van der Waals surface area contributed by atoms with Crippen LogP contribution in [0.3, 0.4) is 0 Å². The third-order valence-corrected chi connectivity index (χ3v) is 1.93. The van der Waals surface area contributed by atoms with E-state index in [-0.39, 0.29) is 12.2 Å². The number of halogens is 4. The van der Waals surface area contributed by atoms with Crippen molar-refractivity contribution < 1.29 is 27.1 Å². The number of hydrogen-bond acceptors (Lipinski definition) is 2. The summed E-state index contributed by atoms with van der Waals surface area (Å²) >= 11 is 0. The lowest BCUT2D eigenvalue weighted by Gasteiger charge is -2.10. The van der Waals surface area contributed by atoms with Crippen LogP contribution in [0.1, 0.15) is 25.3 Å². The smallest absolute Gasteiger partial charge is 0.419 e. The van der Waals surface area contributed by atoms with Crippen molar-refractivity contribution >= 4 is 5.97 Å². The summed E-state index contributed by atoms with van der Waals surface area (Å²) in [5, 5.41) is 0. The molecule has 0 N–H and O–H groups in total. The van der Waals surface area contributed by atoms with E-state index >= 15 is 0 Å². The van der Waals surface area contributed by atoms with Crippen LogP contribution in [0.4, 0.5) is 17.6 Å². The maximum Gasteiger partial charge on any atom is 0.419 e. The van der Waals surface area contributed by atoms with Crippen molar-refractivity contribution in [1.82, 2.24) is 0 Å². The molecule has 0 saturated carbocycles. The standard InChI is InChI=1S/C11H10F4O2/c1-2-3-10(16)17-7-4-5-9(12)8(6-7)11(13,14)15/h4-6H,2-3H2,1H3. The van der Waals surface area contributed by atoms with Gasteiger partial charge in [-0.05, 0) is 24.6 Å². The van der Waals surface area contributed by atoms with Crippen LogP contribution in [-0.2, 0) is 11.0 Å². The molecule has 17 heavy (non-hydrogen) atoms. The number of ether oxygens (including phenoxy) is 1. The van der Waals surface area contributed by atoms with Crippen LogP contribution in [0.15, 0.2) is 18.2 Å². The Labute approximate surface area is 95.2 Å². The Hall–Kier alpha value is -1.59. The molecule has 0 heterocycles. The second-order valence-electron chi connectivity index (χ2n) is 3.36. The summed E-state index contributed by atoms with van der Waals surface area (Å²) in [5.74, 6) is -2.35. The molecule has 1 aromatic rings. The Morgan fingerprint density at radius 3 is 2.53 bits per heavy atom. The number of carbonyl (C=O) groups is 1. The van der Waals surface area contributed by atoms with Crippen LogP contribution in [0.5, 0.6) is 5.75 Å². The van der Waals surface area contributed by atoms with E-state index in [9.17, 15) is 22.4 Å². The molecular weight excluding hydrogens is 240 g/mol. The summed E-state index contributed by atoms with van der Waals surface area (Å²) in [6.07, 6.45) is -4.19. The molecule has 0 fully saturated rings. The molecule has 0 bridgehead atoms. The summed E-state index contributed by atoms with van der Waals surface area (Å²) in [6.45, 7) is 1.73. The Morgan fingerprint density at radius 2 is 2.00 bits per heavy atom. The lowest BCUT2D eigenvalue weighted by molar-refractivity contribution is -0.141. The molecule has 94 valence electrons. The first-order valence-electron chi connectivity index (χ1n) is 4.92. The Morgan fingerprint density at radius 1 is 1.35 bits per heavy atom. The van der Waals surface area contributed by atoms with Gasteiger partial charge in [0, 0.05) is 6.42 Å². The van der Waals surface area contributed by atoms with Crippen LogP contribution >= 0.6 is 0 Å². The number of esters is 1. The van der Waals surface area contributed by atoms with Crippen molar-refractivity contribution in [3.05, 3.63) is 29.6 Å². The lowest BCUT2D eigenvalue weighted by Crippen LogP contribution is -2.11. The van der Waals surface area contributed by atoms with Gasteiger partial charge < -0.3 is 4.74 Å². The van der Waals surface area contributed by atoms with Gasteiger partial charge in [-0.2, -0.15) is 13.2 Å². The van der Waals surface area contributed by atoms with Crippen molar-refractivity contribution in [3.8, 4) is 5.75 Å². The molecule has 0 aromatic heterocycles. The van der Waals surface area contributed by atoms with Crippen molar-refractivity contribution in [2.45, 2.75) is 25.9 Å². The van der Waals surface area contributed by atoms with Gasteiger partial charge >= 0.3 is 12.1 Å². The zero-order valence-corrected chi connectivity index (χ0v) is 8.97. The molecule has 0 aliphatic rings. The van der Waals surface area contributed by atoms with Crippen molar-refractivity contribution in [2.75, 3.05) is 0 Å². The van der Waals surface area contributed by atoms with Gasteiger partial charge in [0.25, 0.3) is 0 Å². The zero-order valence-electron chi connectivity index (χ0n) is 8.97. The van der Waals surface area contributed by atoms with E-state index in [1.165, 1.54) is 0 Å². The molecule has 0 atom stereocenters. The summed E-state index contributed by atoms with van der Waals surface area (Å²) in [7, 11) is 0. The highest BCUT2D eigenvalue weighted by Crippen LogP contribution is 2.33. The fraction of sp³-hybridized carbons (Fsp3) is 0.364. The molecule has 2 nitrogen and oxygen atoms in total. The highest BCUT2D eigenvalue weighted by molar-refractivity contribution is 5.72. The summed E-state index contributed by atoms with van der Waals surface area (Å²) in [5.41, 5.74) is -1.45. The van der Waals surface area contributed by atoms with Gasteiger partial charge in [-0.25, -0.2) is 4.39 Å². The van der Waals surface area contributed by atoms with Gasteiger partial charge in [0.15, 0.2) is 0 Å². The van der Waals surface area contributed by atoms with E-state index in [0.717, 1.165) is 6.07 Å². The lowest BCUT2D eigenvalue weighted by atomic mass is 10.2. The second kappa shape index (κ2) is 5.16. The molecule has 0 aliphatic carbocycles. The fourth-order valence-corrected chi connectivity index (χ4v) is 1.17. The molecular formula is C11H10F4O2. The molecule has 0 saturated heterocycles. The second-order valence-corrected chi connectivity index (χ2v) is 3.36. The van der Waals surface area contributed by atoms with Crippen LogP contribution < -0.4 is 4.74 Å². The molecule has 1 rings (SSSR count). The molecule has 0 amide bonds. The average molecular weight is 250 g/mol. The van der Waals surface area contributed by atoms with E-state index in [2.05, 4.69) is 4.74 Å². The number of alkyl halides is 3. The van der Waals surface area contributed by atoms with Crippen LogP contribution in [0.25, 0.3) is 0 Å². The Bertz CT molecular complexity index is 412. The Kier molecular flexibility index (Phi) is 4.09. The van der Waals surface area contributed by atoms with E-state index in [0.29, 0.717) is 18.6 Å². The SMILES string of the molecule is CCCC(=O)Oc1ccc(F)c(C(F)(F)F)c1. The average Bonchev–Trinajstić information content (AvgIpc) is 2.19. The van der Waals surface area contributed by atoms with Gasteiger partial charge in [-0.1, -0.05) is 6.92 Å². The topological polar surface area (TPSA) is 26.3 Å². The molecule has 0 aliphatic heterocycles. The highest BCUT2D eigenvalue weighted by atomic mass is 19.4. The molecule has 0 spiro atoms. The molecule has 1 aromatic carbocycles. The number of benzene rings is 1. The Balaban J connectivity index is 2.93. The highest BCUT2D eigenvalue weighted by Gasteiger charge is 2.34. The van der Waals surface area contributed by atoms with Gasteiger partial charge in [0.1, 0.15) is 11.6 Å². The first-order valence-corrected chi connectivity index (χ1v) is 4.92. The summed E-state index contributed by atoms with van der Waals surface area (Å²) < 4.78 is 54.5. The quantitative estimate of drug-likeness (QED) is 0.466. The minimum Gasteiger partial charge on any atom is -0.427 e. The van der Waals surface area contributed by atoms with Gasteiger partial charge in [0.2, 0.25) is 0 Å². The van der Waals surface area contributed by atoms with E-state index < -0.39 is 23.5 Å². The maximum absolute atomic E-state index is 12.9. The normalized spacial score (nSPS) is 11.4. The maximum atomic E-state index is 12.9. The first kappa shape index (κ1) is 13.5. The number of rotatable bonds is 3. The van der Waals surface area contributed by atoms with Gasteiger partial charge in [-0.15, -0.1) is 0 Å². The van der Waals surface area contributed by atoms with E-state index in [4.69, 9.17) is 0 Å². The first-order chi connectivity index (χ1) is 7.84. The number of carbonyl (C=O) groups excluding carboxylic acids is 1. The fourth-order valence-electron chi connectivity index (χ4n) is 1.17. The van der Waals surface area contributed by atoms with Crippen LogP contribution in [-0.4, -0.2) is 5.97 Å². The zero-order chi connectivity index (χ0) is 13.1. The largest absolute Gasteiger partial charge is 0.427 e. The van der Waals surface area contributed by atoms with Gasteiger partial charge in [-0.3, -0.25) is 4.79 Å². The minimum atomic E-state index is -4.81. The van der Waals surface area contributed by atoms with E-state index in [1.807, 2.05) is 0 Å². The van der Waals surface area contributed by atoms with Gasteiger partial charge in [0.05, 0.1) is 5.56 Å². The molecule has 0 radical (unpaired) electrons. The van der Waals surface area contributed by atoms with Crippen LogP contribution in [0.2, 0.25) is 0 Å². The van der Waals surface area contributed by atoms with Crippen molar-refractivity contribution in [3.63, 3.8) is 0 Å². The van der Waals surface area contributed by atoms with Crippen molar-refractivity contribution in [1.29, 1.82) is 0 Å². The van der Waals surface area contributed by atoms with Crippen molar-refractivity contribution in [2.24, 2.45) is 0 Å². The predicted octanol–water partition coefficient (Wildman–Crippen LogP) is 3.55.